The van der Waals surface area contributed by atoms with Gasteiger partial charge in [-0.05, 0) is 62.2 Å². The van der Waals surface area contributed by atoms with Crippen LogP contribution in [0.2, 0.25) is 0 Å². The zero-order valence-corrected chi connectivity index (χ0v) is 21.2. The molecule has 0 atom stereocenters. The Hall–Kier alpha value is -4.13. The van der Waals surface area contributed by atoms with E-state index in [0.29, 0.717) is 28.3 Å². The van der Waals surface area contributed by atoms with Crippen LogP contribution in [-0.2, 0) is 6.42 Å². The van der Waals surface area contributed by atoms with E-state index < -0.39 is 0 Å². The Kier molecular flexibility index (Phi) is 7.10. The summed E-state index contributed by atoms with van der Waals surface area (Å²) in [7, 11) is 4.67. The van der Waals surface area contributed by atoms with Gasteiger partial charge in [-0.25, -0.2) is 0 Å². The van der Waals surface area contributed by atoms with Gasteiger partial charge >= 0.3 is 0 Å². The summed E-state index contributed by atoms with van der Waals surface area (Å²) in [6, 6.07) is 17.8. The van der Waals surface area contributed by atoms with Crippen LogP contribution in [0.1, 0.15) is 52.1 Å². The molecule has 0 saturated heterocycles. The average molecular weight is 487 g/mol. The number of carbonyl (C=O) groups excluding carboxylic acids is 2. The second kappa shape index (κ2) is 10.2. The van der Waals surface area contributed by atoms with E-state index in [1.807, 2.05) is 18.2 Å². The molecule has 1 amide bonds. The minimum atomic E-state index is -0.337. The Morgan fingerprint density at radius 1 is 0.861 bits per heavy atom. The lowest BCUT2D eigenvalue weighted by atomic mass is 9.85. The molecule has 7 nitrogen and oxygen atoms in total. The molecule has 0 fully saturated rings. The molecule has 0 unspecified atom stereocenters. The van der Waals surface area contributed by atoms with Gasteiger partial charge in [0.2, 0.25) is 0 Å². The highest BCUT2D eigenvalue weighted by Crippen LogP contribution is 2.31. The van der Waals surface area contributed by atoms with Crippen LogP contribution in [0.5, 0.6) is 17.2 Å². The molecule has 1 heterocycles. The summed E-state index contributed by atoms with van der Waals surface area (Å²) in [6.45, 7) is 4.13. The largest absolute Gasteiger partial charge is 0.497 e. The number of carbonyl (C=O) groups is 2. The van der Waals surface area contributed by atoms with Gasteiger partial charge in [-0.1, -0.05) is 18.2 Å². The fraction of sp³-hybridized carbons (Fsp3) is 0.276. The Morgan fingerprint density at radius 3 is 2.22 bits per heavy atom. The van der Waals surface area contributed by atoms with Gasteiger partial charge in [0.15, 0.2) is 5.78 Å². The van der Waals surface area contributed by atoms with Crippen LogP contribution in [0.15, 0.2) is 65.7 Å². The van der Waals surface area contributed by atoms with Crippen molar-refractivity contribution >= 4 is 23.1 Å². The maximum absolute atomic E-state index is 13.3. The molecule has 4 rings (SSSR count). The lowest BCUT2D eigenvalue weighted by Crippen LogP contribution is -2.30. The van der Waals surface area contributed by atoms with Crippen molar-refractivity contribution in [2.24, 2.45) is 4.99 Å². The molecule has 186 valence electrons. The van der Waals surface area contributed by atoms with E-state index in [9.17, 15) is 9.59 Å². The summed E-state index contributed by atoms with van der Waals surface area (Å²) in [4.78, 5) is 31.1. The van der Waals surface area contributed by atoms with Crippen LogP contribution < -0.4 is 19.5 Å². The molecule has 0 bridgehead atoms. The Labute approximate surface area is 211 Å². The summed E-state index contributed by atoms with van der Waals surface area (Å²) < 4.78 is 15.9. The van der Waals surface area contributed by atoms with Gasteiger partial charge in [0.1, 0.15) is 17.2 Å². The first-order valence-electron chi connectivity index (χ1n) is 11.6. The molecule has 7 heteroatoms. The van der Waals surface area contributed by atoms with E-state index in [1.54, 1.807) is 49.6 Å². The lowest BCUT2D eigenvalue weighted by molar-refractivity contribution is 0.0996. The van der Waals surface area contributed by atoms with Gasteiger partial charge < -0.3 is 19.5 Å². The first-order chi connectivity index (χ1) is 17.2. The number of benzene rings is 3. The van der Waals surface area contributed by atoms with Crippen LogP contribution in [0.3, 0.4) is 0 Å². The number of hydrogen-bond acceptors (Lipinski definition) is 6. The van der Waals surface area contributed by atoms with E-state index in [4.69, 9.17) is 19.2 Å². The Morgan fingerprint density at radius 2 is 1.56 bits per heavy atom. The second-order valence-corrected chi connectivity index (χ2v) is 9.31. The molecular formula is C29H30N2O5. The van der Waals surface area contributed by atoms with Crippen molar-refractivity contribution in [1.29, 1.82) is 0 Å². The molecule has 1 N–H and O–H groups in total. The van der Waals surface area contributed by atoms with Crippen molar-refractivity contribution in [3.63, 3.8) is 0 Å². The maximum atomic E-state index is 13.3. The summed E-state index contributed by atoms with van der Waals surface area (Å²) in [6.07, 6.45) is 0.939. The number of ketones is 1. The predicted molar refractivity (Wildman–Crippen MR) is 140 cm³/mol. The topological polar surface area (TPSA) is 86.2 Å². The zero-order chi connectivity index (χ0) is 25.9. The lowest BCUT2D eigenvalue weighted by Gasteiger charge is -2.29. The molecule has 0 radical (unpaired) electrons. The number of aliphatic imine (C=N–C) groups is 1. The molecule has 3 aromatic rings. The summed E-state index contributed by atoms with van der Waals surface area (Å²) in [5, 5.41) is 2.85. The van der Waals surface area contributed by atoms with E-state index >= 15 is 0 Å². The normalized spacial score (nSPS) is 13.8. The minimum absolute atomic E-state index is 0.0839. The third-order valence-electron chi connectivity index (χ3n) is 6.07. The standard InChI is InChI=1S/C29H30N2O5/c1-29(2)17-19-9-10-22(34-3)15-25(19)26(31-29)16-27(32)18-7-6-8-21(11-18)30-28(33)20-12-23(35-4)14-24(13-20)36-5/h6-15H,16-17H2,1-5H3,(H,30,33). The molecule has 0 spiro atoms. The number of anilines is 1. The number of fused-ring (bicyclic) bond motifs is 1. The zero-order valence-electron chi connectivity index (χ0n) is 21.2. The Balaban J connectivity index is 1.55. The number of amides is 1. The summed E-state index contributed by atoms with van der Waals surface area (Å²) in [5.41, 5.74) is 3.92. The van der Waals surface area contributed by atoms with Crippen molar-refractivity contribution in [2.45, 2.75) is 32.2 Å². The maximum Gasteiger partial charge on any atom is 0.255 e. The summed E-state index contributed by atoms with van der Waals surface area (Å²) in [5.74, 6) is 1.33. The van der Waals surface area contributed by atoms with E-state index in [1.165, 1.54) is 14.2 Å². The fourth-order valence-electron chi connectivity index (χ4n) is 4.34. The van der Waals surface area contributed by atoms with Gasteiger partial charge in [0.05, 0.1) is 39.0 Å². The van der Waals surface area contributed by atoms with Gasteiger partial charge in [-0.15, -0.1) is 0 Å². The first kappa shape index (κ1) is 25.0. The highest BCUT2D eigenvalue weighted by atomic mass is 16.5. The minimum Gasteiger partial charge on any atom is -0.497 e. The molecule has 1 aliphatic rings. The molecular weight excluding hydrogens is 456 g/mol. The predicted octanol–water partition coefficient (Wildman–Crippen LogP) is 5.36. The Bertz CT molecular complexity index is 1320. The highest BCUT2D eigenvalue weighted by Gasteiger charge is 2.28. The van der Waals surface area contributed by atoms with E-state index in [2.05, 4.69) is 19.2 Å². The number of nitrogens with one attached hydrogen (secondary N) is 1. The smallest absolute Gasteiger partial charge is 0.255 e. The van der Waals surface area contributed by atoms with Crippen molar-refractivity contribution in [2.75, 3.05) is 26.6 Å². The molecule has 0 aliphatic carbocycles. The SMILES string of the molecule is COc1cc(OC)cc(C(=O)Nc2cccc(C(=O)CC3=NC(C)(C)Cc4ccc(OC)cc43)c2)c1. The fourth-order valence-corrected chi connectivity index (χ4v) is 4.34. The third-order valence-corrected chi connectivity index (χ3v) is 6.07. The van der Waals surface area contributed by atoms with Crippen LogP contribution in [0.4, 0.5) is 5.69 Å². The average Bonchev–Trinajstić information content (AvgIpc) is 2.87. The first-order valence-corrected chi connectivity index (χ1v) is 11.6. The molecule has 1 aliphatic heterocycles. The monoisotopic (exact) mass is 486 g/mol. The van der Waals surface area contributed by atoms with E-state index in [-0.39, 0.29) is 23.7 Å². The molecule has 0 aromatic heterocycles. The van der Waals surface area contributed by atoms with Crippen molar-refractivity contribution in [3.05, 3.63) is 82.9 Å². The number of hydrogen-bond donors (Lipinski definition) is 1. The number of Topliss-reactive ketones (excluding diaryl/α,β-unsaturated/α-hetero) is 1. The highest BCUT2D eigenvalue weighted by molar-refractivity contribution is 6.17. The number of methoxy groups -OCH3 is 3. The second-order valence-electron chi connectivity index (χ2n) is 9.31. The number of rotatable bonds is 8. The van der Waals surface area contributed by atoms with Crippen molar-refractivity contribution < 1.29 is 23.8 Å². The van der Waals surface area contributed by atoms with Crippen LogP contribution in [0, 0.1) is 0 Å². The van der Waals surface area contributed by atoms with Crippen LogP contribution in [-0.4, -0.2) is 44.3 Å². The number of ether oxygens (including phenoxy) is 3. The molecule has 0 saturated carbocycles. The van der Waals surface area contributed by atoms with Gasteiger partial charge in [-0.2, -0.15) is 0 Å². The quantitative estimate of drug-likeness (QED) is 0.433. The van der Waals surface area contributed by atoms with Crippen LogP contribution >= 0.6 is 0 Å². The summed E-state index contributed by atoms with van der Waals surface area (Å²) >= 11 is 0. The van der Waals surface area contributed by atoms with Gasteiger partial charge in [-0.3, -0.25) is 14.6 Å². The van der Waals surface area contributed by atoms with Crippen molar-refractivity contribution in [1.82, 2.24) is 0 Å². The molecule has 36 heavy (non-hydrogen) atoms. The van der Waals surface area contributed by atoms with Crippen LogP contribution in [0.25, 0.3) is 0 Å². The third kappa shape index (κ3) is 5.57. The van der Waals surface area contributed by atoms with Gasteiger partial charge in [0.25, 0.3) is 5.91 Å². The van der Waals surface area contributed by atoms with Crippen molar-refractivity contribution in [3.8, 4) is 17.2 Å². The van der Waals surface area contributed by atoms with E-state index in [0.717, 1.165) is 29.0 Å². The number of nitrogens with zero attached hydrogens (tertiary/aromatic N) is 1. The van der Waals surface area contributed by atoms with Gasteiger partial charge in [0, 0.05) is 28.4 Å². The molecule has 3 aromatic carbocycles.